The van der Waals surface area contributed by atoms with Crippen LogP contribution in [0.2, 0.25) is 5.15 Å². The topological polar surface area (TPSA) is 24.9 Å². The van der Waals surface area contributed by atoms with E-state index in [4.69, 9.17) is 11.6 Å². The van der Waals surface area contributed by atoms with Gasteiger partial charge in [0.2, 0.25) is 0 Å². The SMILES string of the molecule is Cc1ccc(CNc2ccc(Cl)nc2)s1. The molecule has 0 spiro atoms. The molecule has 1 N–H and O–H groups in total. The number of rotatable bonds is 3. The minimum Gasteiger partial charge on any atom is -0.379 e. The maximum Gasteiger partial charge on any atom is 0.129 e. The summed E-state index contributed by atoms with van der Waals surface area (Å²) in [5, 5.41) is 3.81. The Labute approximate surface area is 97.9 Å². The Morgan fingerprint density at radius 3 is 2.80 bits per heavy atom. The largest absolute Gasteiger partial charge is 0.379 e. The maximum absolute atomic E-state index is 5.70. The number of nitrogens with zero attached hydrogens (tertiary/aromatic N) is 1. The number of aryl methyl sites for hydroxylation is 1. The molecule has 0 saturated heterocycles. The number of hydrogen-bond donors (Lipinski definition) is 1. The monoisotopic (exact) mass is 238 g/mol. The molecule has 0 unspecified atom stereocenters. The third kappa shape index (κ3) is 2.94. The first-order valence-electron chi connectivity index (χ1n) is 4.65. The fraction of sp³-hybridized carbons (Fsp3) is 0.182. The lowest BCUT2D eigenvalue weighted by Crippen LogP contribution is -1.97. The Kier molecular flexibility index (Phi) is 3.23. The van der Waals surface area contributed by atoms with Gasteiger partial charge in [-0.1, -0.05) is 11.6 Å². The van der Waals surface area contributed by atoms with Crippen LogP contribution in [0, 0.1) is 6.92 Å². The van der Waals surface area contributed by atoms with E-state index in [0.717, 1.165) is 12.2 Å². The third-order valence-electron chi connectivity index (χ3n) is 1.99. The van der Waals surface area contributed by atoms with E-state index in [-0.39, 0.29) is 0 Å². The molecule has 2 heterocycles. The Hall–Kier alpha value is -1.06. The summed E-state index contributed by atoms with van der Waals surface area (Å²) >= 11 is 7.50. The molecule has 2 aromatic heterocycles. The molecule has 0 bridgehead atoms. The summed E-state index contributed by atoms with van der Waals surface area (Å²) in [4.78, 5) is 6.66. The van der Waals surface area contributed by atoms with Crippen molar-refractivity contribution in [1.82, 2.24) is 4.98 Å². The Balaban J connectivity index is 1.96. The summed E-state index contributed by atoms with van der Waals surface area (Å²) in [7, 11) is 0. The molecule has 0 aliphatic heterocycles. The van der Waals surface area contributed by atoms with Crippen LogP contribution >= 0.6 is 22.9 Å². The van der Waals surface area contributed by atoms with E-state index in [1.807, 2.05) is 6.07 Å². The predicted molar refractivity (Wildman–Crippen MR) is 65.6 cm³/mol. The number of thiophene rings is 1. The van der Waals surface area contributed by atoms with Gasteiger partial charge in [-0.25, -0.2) is 4.98 Å². The van der Waals surface area contributed by atoms with E-state index in [1.165, 1.54) is 9.75 Å². The minimum atomic E-state index is 0.521. The molecule has 0 aliphatic rings. The van der Waals surface area contributed by atoms with E-state index in [1.54, 1.807) is 23.6 Å². The zero-order valence-corrected chi connectivity index (χ0v) is 9.90. The number of nitrogens with one attached hydrogen (secondary N) is 1. The number of aromatic nitrogens is 1. The molecule has 0 fully saturated rings. The molecule has 0 radical (unpaired) electrons. The van der Waals surface area contributed by atoms with Crippen LogP contribution < -0.4 is 5.32 Å². The van der Waals surface area contributed by atoms with Gasteiger partial charge >= 0.3 is 0 Å². The first-order valence-corrected chi connectivity index (χ1v) is 5.84. The van der Waals surface area contributed by atoms with E-state index in [9.17, 15) is 0 Å². The smallest absolute Gasteiger partial charge is 0.129 e. The summed E-state index contributed by atoms with van der Waals surface area (Å²) in [6.45, 7) is 2.94. The molecular weight excluding hydrogens is 228 g/mol. The van der Waals surface area contributed by atoms with Crippen molar-refractivity contribution in [2.45, 2.75) is 13.5 Å². The van der Waals surface area contributed by atoms with Crippen LogP contribution in [0.4, 0.5) is 5.69 Å². The van der Waals surface area contributed by atoms with Gasteiger partial charge in [0.1, 0.15) is 5.15 Å². The lowest BCUT2D eigenvalue weighted by Gasteiger charge is -2.03. The van der Waals surface area contributed by atoms with Gasteiger partial charge in [-0.05, 0) is 31.2 Å². The van der Waals surface area contributed by atoms with Gasteiger partial charge in [0.05, 0.1) is 11.9 Å². The van der Waals surface area contributed by atoms with Crippen LogP contribution in [0.5, 0.6) is 0 Å². The number of halogens is 1. The van der Waals surface area contributed by atoms with Gasteiger partial charge < -0.3 is 5.32 Å². The fourth-order valence-electron chi connectivity index (χ4n) is 1.25. The van der Waals surface area contributed by atoms with E-state index in [2.05, 4.69) is 29.4 Å². The van der Waals surface area contributed by atoms with Gasteiger partial charge in [-0.15, -0.1) is 11.3 Å². The number of anilines is 1. The molecular formula is C11H11ClN2S. The highest BCUT2D eigenvalue weighted by Crippen LogP contribution is 2.17. The second-order valence-electron chi connectivity index (χ2n) is 3.24. The standard InChI is InChI=1S/C11H11ClN2S/c1-8-2-4-10(15-8)7-13-9-3-5-11(12)14-6-9/h2-6,13H,7H2,1H3. The molecule has 78 valence electrons. The first-order chi connectivity index (χ1) is 7.24. The zero-order valence-electron chi connectivity index (χ0n) is 8.33. The van der Waals surface area contributed by atoms with Crippen LogP contribution in [-0.2, 0) is 6.54 Å². The zero-order chi connectivity index (χ0) is 10.7. The summed E-state index contributed by atoms with van der Waals surface area (Å²) in [5.74, 6) is 0. The van der Waals surface area contributed by atoms with Crippen LogP contribution in [0.25, 0.3) is 0 Å². The predicted octanol–water partition coefficient (Wildman–Crippen LogP) is 3.72. The van der Waals surface area contributed by atoms with Crippen LogP contribution in [0.3, 0.4) is 0 Å². The van der Waals surface area contributed by atoms with Crippen molar-refractivity contribution in [3.8, 4) is 0 Å². The van der Waals surface area contributed by atoms with E-state index in [0.29, 0.717) is 5.15 Å². The van der Waals surface area contributed by atoms with Crippen molar-refractivity contribution < 1.29 is 0 Å². The normalized spacial score (nSPS) is 10.3. The summed E-state index contributed by atoms with van der Waals surface area (Å²) in [6.07, 6.45) is 1.74. The van der Waals surface area contributed by atoms with Gasteiger partial charge in [0.25, 0.3) is 0 Å². The lowest BCUT2D eigenvalue weighted by atomic mass is 10.4. The second kappa shape index (κ2) is 4.64. The van der Waals surface area contributed by atoms with Gasteiger partial charge in [-0.3, -0.25) is 0 Å². The molecule has 0 aromatic carbocycles. The summed E-state index contributed by atoms with van der Waals surface area (Å²) < 4.78 is 0. The van der Waals surface area contributed by atoms with Crippen LogP contribution in [0.1, 0.15) is 9.75 Å². The number of hydrogen-bond acceptors (Lipinski definition) is 3. The van der Waals surface area contributed by atoms with Gasteiger partial charge in [-0.2, -0.15) is 0 Å². The van der Waals surface area contributed by atoms with Crippen molar-refractivity contribution in [2.24, 2.45) is 0 Å². The quantitative estimate of drug-likeness (QED) is 0.825. The van der Waals surface area contributed by atoms with E-state index >= 15 is 0 Å². The molecule has 15 heavy (non-hydrogen) atoms. The first kappa shape index (κ1) is 10.5. The van der Waals surface area contributed by atoms with E-state index < -0.39 is 0 Å². The molecule has 0 saturated carbocycles. The molecule has 0 atom stereocenters. The minimum absolute atomic E-state index is 0.521. The number of pyridine rings is 1. The van der Waals surface area contributed by atoms with Crippen molar-refractivity contribution in [3.05, 3.63) is 45.4 Å². The second-order valence-corrected chi connectivity index (χ2v) is 5.00. The third-order valence-corrected chi connectivity index (χ3v) is 3.21. The molecule has 0 aliphatic carbocycles. The highest BCUT2D eigenvalue weighted by molar-refractivity contribution is 7.11. The van der Waals surface area contributed by atoms with Crippen LogP contribution in [0.15, 0.2) is 30.5 Å². The lowest BCUT2D eigenvalue weighted by molar-refractivity contribution is 1.17. The van der Waals surface area contributed by atoms with Crippen LogP contribution in [-0.4, -0.2) is 4.98 Å². The Morgan fingerprint density at radius 1 is 1.33 bits per heavy atom. The molecule has 0 amide bonds. The molecule has 2 nitrogen and oxygen atoms in total. The van der Waals surface area contributed by atoms with Crippen molar-refractivity contribution in [3.63, 3.8) is 0 Å². The summed E-state index contributed by atoms with van der Waals surface area (Å²) in [6, 6.07) is 7.97. The molecule has 4 heteroatoms. The Bertz CT molecular complexity index is 436. The average molecular weight is 239 g/mol. The highest BCUT2D eigenvalue weighted by atomic mass is 35.5. The molecule has 2 rings (SSSR count). The van der Waals surface area contributed by atoms with Gasteiger partial charge in [0.15, 0.2) is 0 Å². The maximum atomic E-state index is 5.70. The average Bonchev–Trinajstić information content (AvgIpc) is 2.64. The van der Waals surface area contributed by atoms with Gasteiger partial charge in [0, 0.05) is 16.3 Å². The van der Waals surface area contributed by atoms with Crippen molar-refractivity contribution >= 4 is 28.6 Å². The highest BCUT2D eigenvalue weighted by Gasteiger charge is 1.97. The van der Waals surface area contributed by atoms with Crippen molar-refractivity contribution in [1.29, 1.82) is 0 Å². The summed E-state index contributed by atoms with van der Waals surface area (Å²) in [5.41, 5.74) is 0.991. The van der Waals surface area contributed by atoms with Crippen molar-refractivity contribution in [2.75, 3.05) is 5.32 Å². The molecule has 2 aromatic rings. The fourth-order valence-corrected chi connectivity index (χ4v) is 2.19. The Morgan fingerprint density at radius 2 is 2.20 bits per heavy atom.